The number of amides is 1. The number of rotatable bonds is 5. The largest absolute Gasteiger partial charge is 0.351 e. The van der Waals surface area contributed by atoms with E-state index in [-0.39, 0.29) is 24.4 Å². The van der Waals surface area contributed by atoms with Gasteiger partial charge in [-0.25, -0.2) is 0 Å². The lowest BCUT2D eigenvalue weighted by Crippen LogP contribution is -2.37. The molecule has 0 saturated carbocycles. The lowest BCUT2D eigenvalue weighted by Gasteiger charge is -2.16. The van der Waals surface area contributed by atoms with E-state index in [0.717, 1.165) is 18.7 Å². The zero-order valence-corrected chi connectivity index (χ0v) is 14.4. The van der Waals surface area contributed by atoms with Crippen LogP contribution in [0.3, 0.4) is 0 Å². The van der Waals surface area contributed by atoms with Gasteiger partial charge in [-0.05, 0) is 11.1 Å². The lowest BCUT2D eigenvalue weighted by molar-refractivity contribution is -0.122. The molecule has 0 bridgehead atoms. The summed E-state index contributed by atoms with van der Waals surface area (Å²) in [5.41, 5.74) is 8.64. The molecule has 2 aromatic rings. The molecule has 2 atom stereocenters. The average Bonchev–Trinajstić information content (AvgIpc) is 2.95. The standard InChI is InChI=1S/C19H23N3O.ClH/c20-18-13-22(12-17(18)16-9-5-2-6-10-16)14-19(23)21-11-15-7-3-1-4-8-15;/h1-10,17-18H,11-14,20H2,(H,21,23);1H/t17-,18+;/m0./s1. The Morgan fingerprint density at radius 1 is 1.04 bits per heavy atom. The number of likely N-dealkylation sites (tertiary alicyclic amines) is 1. The van der Waals surface area contributed by atoms with Crippen LogP contribution in [0.25, 0.3) is 0 Å². The number of halogens is 1. The van der Waals surface area contributed by atoms with Crippen molar-refractivity contribution in [1.29, 1.82) is 0 Å². The smallest absolute Gasteiger partial charge is 0.234 e. The van der Waals surface area contributed by atoms with Crippen LogP contribution in [0.1, 0.15) is 17.0 Å². The van der Waals surface area contributed by atoms with E-state index in [1.54, 1.807) is 0 Å². The van der Waals surface area contributed by atoms with Crippen LogP contribution in [0.4, 0.5) is 0 Å². The van der Waals surface area contributed by atoms with Crippen LogP contribution in [-0.2, 0) is 11.3 Å². The predicted molar refractivity (Wildman–Crippen MR) is 99.1 cm³/mol. The number of nitrogens with zero attached hydrogens (tertiary/aromatic N) is 1. The molecule has 128 valence electrons. The normalized spacial score (nSPS) is 20.4. The minimum Gasteiger partial charge on any atom is -0.351 e. The highest BCUT2D eigenvalue weighted by atomic mass is 35.5. The number of hydrogen-bond donors (Lipinski definition) is 2. The summed E-state index contributed by atoms with van der Waals surface area (Å²) >= 11 is 0. The number of benzene rings is 2. The van der Waals surface area contributed by atoms with Crippen LogP contribution < -0.4 is 11.1 Å². The third kappa shape index (κ3) is 4.81. The van der Waals surface area contributed by atoms with Crippen molar-refractivity contribution >= 4 is 18.3 Å². The highest BCUT2D eigenvalue weighted by Crippen LogP contribution is 2.25. The Balaban J connectivity index is 0.00000208. The summed E-state index contributed by atoms with van der Waals surface area (Å²) in [6, 6.07) is 20.4. The monoisotopic (exact) mass is 345 g/mol. The van der Waals surface area contributed by atoms with E-state index < -0.39 is 0 Å². The zero-order valence-electron chi connectivity index (χ0n) is 13.6. The number of carbonyl (C=O) groups is 1. The molecule has 1 amide bonds. The van der Waals surface area contributed by atoms with E-state index in [9.17, 15) is 4.79 Å². The fourth-order valence-corrected chi connectivity index (χ4v) is 3.15. The molecule has 0 unspecified atom stereocenters. The van der Waals surface area contributed by atoms with Gasteiger partial charge in [-0.3, -0.25) is 9.69 Å². The topological polar surface area (TPSA) is 58.4 Å². The van der Waals surface area contributed by atoms with Gasteiger partial charge in [-0.2, -0.15) is 0 Å². The second-order valence-corrected chi connectivity index (χ2v) is 6.14. The molecule has 1 aliphatic rings. The first-order valence-electron chi connectivity index (χ1n) is 8.06. The number of nitrogens with one attached hydrogen (secondary N) is 1. The first-order valence-corrected chi connectivity index (χ1v) is 8.06. The zero-order chi connectivity index (χ0) is 16.1. The van der Waals surface area contributed by atoms with Crippen LogP contribution >= 0.6 is 12.4 Å². The van der Waals surface area contributed by atoms with Gasteiger partial charge in [0, 0.05) is 31.6 Å². The molecule has 0 spiro atoms. The van der Waals surface area contributed by atoms with E-state index in [0.29, 0.717) is 19.0 Å². The fourth-order valence-electron chi connectivity index (χ4n) is 3.15. The molecule has 0 radical (unpaired) electrons. The van der Waals surface area contributed by atoms with Gasteiger partial charge in [-0.15, -0.1) is 12.4 Å². The van der Waals surface area contributed by atoms with E-state index in [4.69, 9.17) is 5.73 Å². The van der Waals surface area contributed by atoms with Crippen molar-refractivity contribution in [3.8, 4) is 0 Å². The molecule has 5 heteroatoms. The number of hydrogen-bond acceptors (Lipinski definition) is 3. The SMILES string of the molecule is Cl.N[C@@H]1CN(CC(=O)NCc2ccccc2)C[C@H]1c1ccccc1. The maximum absolute atomic E-state index is 12.1. The molecular weight excluding hydrogens is 322 g/mol. The van der Waals surface area contributed by atoms with E-state index in [1.807, 2.05) is 48.5 Å². The van der Waals surface area contributed by atoms with Crippen LogP contribution in [-0.4, -0.2) is 36.5 Å². The molecule has 2 aromatic carbocycles. The molecule has 1 saturated heterocycles. The highest BCUT2D eigenvalue weighted by Gasteiger charge is 2.31. The van der Waals surface area contributed by atoms with Crippen molar-refractivity contribution in [1.82, 2.24) is 10.2 Å². The Hall–Kier alpha value is -1.88. The van der Waals surface area contributed by atoms with E-state index in [1.165, 1.54) is 5.56 Å². The van der Waals surface area contributed by atoms with Gasteiger partial charge in [0.1, 0.15) is 0 Å². The molecule has 0 aliphatic carbocycles. The van der Waals surface area contributed by atoms with Gasteiger partial charge in [0.05, 0.1) is 6.54 Å². The molecule has 1 aliphatic heterocycles. The van der Waals surface area contributed by atoms with Crippen molar-refractivity contribution in [3.05, 3.63) is 71.8 Å². The molecule has 4 nitrogen and oxygen atoms in total. The average molecular weight is 346 g/mol. The lowest BCUT2D eigenvalue weighted by atomic mass is 9.95. The van der Waals surface area contributed by atoms with Gasteiger partial charge in [0.15, 0.2) is 0 Å². The van der Waals surface area contributed by atoms with E-state index in [2.05, 4.69) is 22.3 Å². The minimum atomic E-state index is 0. The Labute approximate surface area is 149 Å². The van der Waals surface area contributed by atoms with Crippen LogP contribution in [0.15, 0.2) is 60.7 Å². The molecule has 3 rings (SSSR count). The van der Waals surface area contributed by atoms with Crippen molar-refractivity contribution in [2.24, 2.45) is 5.73 Å². The summed E-state index contributed by atoms with van der Waals surface area (Å²) in [7, 11) is 0. The van der Waals surface area contributed by atoms with Crippen LogP contribution in [0.2, 0.25) is 0 Å². The molecule has 24 heavy (non-hydrogen) atoms. The van der Waals surface area contributed by atoms with Crippen LogP contribution in [0, 0.1) is 0 Å². The summed E-state index contributed by atoms with van der Waals surface area (Å²) in [5, 5.41) is 2.97. The predicted octanol–water partition coefficient (Wildman–Crippen LogP) is 2.15. The number of carbonyl (C=O) groups excluding carboxylic acids is 1. The third-order valence-corrected chi connectivity index (χ3v) is 4.37. The summed E-state index contributed by atoms with van der Waals surface area (Å²) in [6.07, 6.45) is 0. The van der Waals surface area contributed by atoms with Crippen LogP contribution in [0.5, 0.6) is 0 Å². The van der Waals surface area contributed by atoms with Crippen molar-refractivity contribution in [2.75, 3.05) is 19.6 Å². The van der Waals surface area contributed by atoms with Crippen molar-refractivity contribution in [3.63, 3.8) is 0 Å². The molecule has 3 N–H and O–H groups in total. The minimum absolute atomic E-state index is 0. The summed E-state index contributed by atoms with van der Waals surface area (Å²) in [6.45, 7) is 2.58. The van der Waals surface area contributed by atoms with Gasteiger partial charge < -0.3 is 11.1 Å². The van der Waals surface area contributed by atoms with E-state index >= 15 is 0 Å². The Morgan fingerprint density at radius 2 is 1.67 bits per heavy atom. The molecule has 1 fully saturated rings. The Morgan fingerprint density at radius 3 is 2.33 bits per heavy atom. The van der Waals surface area contributed by atoms with Gasteiger partial charge in [0.2, 0.25) is 5.91 Å². The Kier molecular flexibility index (Phi) is 6.79. The van der Waals surface area contributed by atoms with Gasteiger partial charge in [-0.1, -0.05) is 60.7 Å². The first-order chi connectivity index (χ1) is 11.2. The van der Waals surface area contributed by atoms with Crippen molar-refractivity contribution in [2.45, 2.75) is 18.5 Å². The highest BCUT2D eigenvalue weighted by molar-refractivity contribution is 5.85. The maximum Gasteiger partial charge on any atom is 0.234 e. The van der Waals surface area contributed by atoms with Gasteiger partial charge >= 0.3 is 0 Å². The summed E-state index contributed by atoms with van der Waals surface area (Å²) in [4.78, 5) is 14.3. The summed E-state index contributed by atoms with van der Waals surface area (Å²) in [5.74, 6) is 0.355. The molecular formula is C19H24ClN3O. The Bertz CT molecular complexity index is 636. The summed E-state index contributed by atoms with van der Waals surface area (Å²) < 4.78 is 0. The van der Waals surface area contributed by atoms with Crippen molar-refractivity contribution < 1.29 is 4.79 Å². The molecule has 0 aromatic heterocycles. The molecule has 1 heterocycles. The number of nitrogens with two attached hydrogens (primary N) is 1. The second kappa shape index (κ2) is 8.83. The first kappa shape index (κ1) is 18.5. The third-order valence-electron chi connectivity index (χ3n) is 4.37. The fraction of sp³-hybridized carbons (Fsp3) is 0.316. The second-order valence-electron chi connectivity index (χ2n) is 6.14. The van der Waals surface area contributed by atoms with Gasteiger partial charge in [0.25, 0.3) is 0 Å². The quantitative estimate of drug-likeness (QED) is 0.873. The maximum atomic E-state index is 12.1.